The Hall–Kier alpha value is -2.57. The molecule has 0 bridgehead atoms. The van der Waals surface area contributed by atoms with Crippen molar-refractivity contribution in [3.63, 3.8) is 0 Å². The molecule has 0 aliphatic heterocycles. The van der Waals surface area contributed by atoms with Gasteiger partial charge in [-0.2, -0.15) is 13.2 Å². The van der Waals surface area contributed by atoms with E-state index in [0.717, 1.165) is 17.8 Å². The molecule has 3 aromatic rings. The van der Waals surface area contributed by atoms with Crippen molar-refractivity contribution in [2.24, 2.45) is 0 Å². The van der Waals surface area contributed by atoms with Crippen molar-refractivity contribution in [3.05, 3.63) is 47.7 Å². The molecule has 0 amide bonds. The fraction of sp³-hybridized carbons (Fsp3) is 0.143. The predicted molar refractivity (Wildman–Crippen MR) is 72.6 cm³/mol. The number of hydrogen-bond acceptors (Lipinski definition) is 3. The normalized spacial score (nSPS) is 12.0. The van der Waals surface area contributed by atoms with Gasteiger partial charge in [0.05, 0.1) is 5.56 Å². The molecular weight excluding hydrogens is 281 g/mol. The second kappa shape index (κ2) is 4.47. The Bertz CT molecular complexity index is 821. The minimum Gasteiger partial charge on any atom is -0.398 e. The highest BCUT2D eigenvalue weighted by molar-refractivity contribution is 5.75. The van der Waals surface area contributed by atoms with Crippen LogP contribution >= 0.6 is 0 Å². The van der Waals surface area contributed by atoms with Crippen LogP contribution < -0.4 is 5.73 Å². The van der Waals surface area contributed by atoms with Crippen molar-refractivity contribution in [1.29, 1.82) is 0 Å². The van der Waals surface area contributed by atoms with E-state index in [1.807, 2.05) is 13.0 Å². The zero-order chi connectivity index (χ0) is 15.2. The summed E-state index contributed by atoms with van der Waals surface area (Å²) in [6, 6.07) is 7.57. The number of nitrogen functional groups attached to an aromatic ring is 1. The van der Waals surface area contributed by atoms with Gasteiger partial charge < -0.3 is 5.73 Å². The largest absolute Gasteiger partial charge is 0.417 e. The first-order valence-electron chi connectivity index (χ1n) is 6.15. The molecule has 1 aromatic carbocycles. The third-order valence-corrected chi connectivity index (χ3v) is 3.29. The molecule has 0 radical (unpaired) electrons. The van der Waals surface area contributed by atoms with E-state index in [-0.39, 0.29) is 5.82 Å². The van der Waals surface area contributed by atoms with Gasteiger partial charge in [-0.1, -0.05) is 12.1 Å². The highest BCUT2D eigenvalue weighted by Gasteiger charge is 2.31. The van der Waals surface area contributed by atoms with E-state index in [2.05, 4.69) is 10.2 Å². The number of aryl methyl sites for hydroxylation is 1. The van der Waals surface area contributed by atoms with Gasteiger partial charge in [-0.25, -0.2) is 0 Å². The topological polar surface area (TPSA) is 56.2 Å². The van der Waals surface area contributed by atoms with Gasteiger partial charge in [-0.05, 0) is 30.7 Å². The molecule has 7 heteroatoms. The Morgan fingerprint density at radius 3 is 2.57 bits per heavy atom. The van der Waals surface area contributed by atoms with Crippen LogP contribution in [0.25, 0.3) is 17.0 Å². The number of benzene rings is 1. The summed E-state index contributed by atoms with van der Waals surface area (Å²) >= 11 is 0. The lowest BCUT2D eigenvalue weighted by Crippen LogP contribution is -2.06. The first-order valence-corrected chi connectivity index (χ1v) is 6.15. The van der Waals surface area contributed by atoms with Crippen molar-refractivity contribution >= 4 is 11.3 Å². The Morgan fingerprint density at radius 2 is 1.86 bits per heavy atom. The van der Waals surface area contributed by atoms with Gasteiger partial charge in [-0.15, -0.1) is 10.2 Å². The minimum atomic E-state index is -4.42. The Kier molecular flexibility index (Phi) is 2.86. The summed E-state index contributed by atoms with van der Waals surface area (Å²) in [4.78, 5) is 0. The number of halogens is 3. The highest BCUT2D eigenvalue weighted by atomic mass is 19.4. The fourth-order valence-electron chi connectivity index (χ4n) is 2.12. The average molecular weight is 292 g/mol. The Morgan fingerprint density at radius 1 is 1.10 bits per heavy atom. The summed E-state index contributed by atoms with van der Waals surface area (Å²) in [5.41, 5.74) is 7.42. The van der Waals surface area contributed by atoms with Gasteiger partial charge >= 0.3 is 6.18 Å². The molecule has 0 saturated heterocycles. The Labute approximate surface area is 118 Å². The lowest BCUT2D eigenvalue weighted by Gasteiger charge is -2.09. The maximum absolute atomic E-state index is 12.8. The number of hydrogen-bond donors (Lipinski definition) is 1. The molecule has 3 rings (SSSR count). The first-order chi connectivity index (χ1) is 9.88. The van der Waals surface area contributed by atoms with Crippen LogP contribution in [0.1, 0.15) is 11.1 Å². The molecule has 2 aromatic heterocycles. The van der Waals surface area contributed by atoms with Crippen molar-refractivity contribution < 1.29 is 13.2 Å². The van der Waals surface area contributed by atoms with Crippen LogP contribution in [0, 0.1) is 6.92 Å². The van der Waals surface area contributed by atoms with Crippen LogP contribution in [0.4, 0.5) is 18.9 Å². The quantitative estimate of drug-likeness (QED) is 0.700. The van der Waals surface area contributed by atoms with Crippen LogP contribution in [0.3, 0.4) is 0 Å². The summed E-state index contributed by atoms with van der Waals surface area (Å²) in [7, 11) is 0. The van der Waals surface area contributed by atoms with E-state index in [1.54, 1.807) is 12.1 Å². The van der Waals surface area contributed by atoms with Gasteiger partial charge in [0, 0.05) is 17.4 Å². The zero-order valence-electron chi connectivity index (χ0n) is 11.0. The monoisotopic (exact) mass is 292 g/mol. The number of para-hydroxylation sites is 1. The van der Waals surface area contributed by atoms with Crippen LogP contribution in [0.15, 0.2) is 36.5 Å². The van der Waals surface area contributed by atoms with Gasteiger partial charge in [0.25, 0.3) is 0 Å². The van der Waals surface area contributed by atoms with Crippen molar-refractivity contribution in [2.75, 3.05) is 5.73 Å². The lowest BCUT2D eigenvalue weighted by atomic mass is 10.1. The smallest absolute Gasteiger partial charge is 0.398 e. The molecule has 2 N–H and O–H groups in total. The lowest BCUT2D eigenvalue weighted by molar-refractivity contribution is -0.137. The van der Waals surface area contributed by atoms with E-state index < -0.39 is 11.7 Å². The summed E-state index contributed by atoms with van der Waals surface area (Å²) in [6.07, 6.45) is -3.44. The van der Waals surface area contributed by atoms with Gasteiger partial charge in [0.1, 0.15) is 0 Å². The minimum absolute atomic E-state index is 0.289. The third kappa shape index (κ3) is 2.20. The van der Waals surface area contributed by atoms with Crippen LogP contribution in [-0.4, -0.2) is 14.6 Å². The number of nitrogens with zero attached hydrogens (tertiary/aromatic N) is 3. The van der Waals surface area contributed by atoms with Crippen molar-refractivity contribution in [3.8, 4) is 11.4 Å². The molecule has 0 atom stereocenters. The number of rotatable bonds is 1. The third-order valence-electron chi connectivity index (χ3n) is 3.29. The summed E-state index contributed by atoms with van der Waals surface area (Å²) < 4.78 is 39.8. The van der Waals surface area contributed by atoms with Crippen molar-refractivity contribution in [1.82, 2.24) is 14.6 Å². The molecule has 0 fully saturated rings. The Balaban J connectivity index is 2.26. The van der Waals surface area contributed by atoms with Crippen molar-refractivity contribution in [2.45, 2.75) is 13.1 Å². The number of nitrogens with two attached hydrogens (primary N) is 1. The fourth-order valence-corrected chi connectivity index (χ4v) is 2.12. The van der Waals surface area contributed by atoms with E-state index in [4.69, 9.17) is 5.73 Å². The second-order valence-electron chi connectivity index (χ2n) is 4.70. The molecule has 21 heavy (non-hydrogen) atoms. The maximum atomic E-state index is 12.8. The predicted octanol–water partition coefficient (Wildman–Crippen LogP) is 3.31. The first kappa shape index (κ1) is 13.4. The molecule has 0 aliphatic rings. The summed E-state index contributed by atoms with van der Waals surface area (Å²) in [5, 5.41) is 7.84. The molecular formula is C14H11F3N4. The SMILES string of the molecule is Cc1cccc(-c2nnc3ccc(C(F)(F)F)cn23)c1N. The molecule has 0 saturated carbocycles. The second-order valence-corrected chi connectivity index (χ2v) is 4.70. The molecule has 2 heterocycles. The number of fused-ring (bicyclic) bond motifs is 1. The zero-order valence-corrected chi connectivity index (χ0v) is 11.0. The summed E-state index contributed by atoms with van der Waals surface area (Å²) in [6.45, 7) is 1.82. The molecule has 0 spiro atoms. The van der Waals surface area contributed by atoms with Crippen LogP contribution in [0.2, 0.25) is 0 Å². The number of aromatic nitrogens is 3. The highest BCUT2D eigenvalue weighted by Crippen LogP contribution is 2.31. The van der Waals surface area contributed by atoms with Gasteiger partial charge in [-0.3, -0.25) is 4.40 Å². The number of anilines is 1. The van der Waals surface area contributed by atoms with Gasteiger partial charge in [0.15, 0.2) is 11.5 Å². The van der Waals surface area contributed by atoms with E-state index in [9.17, 15) is 13.2 Å². The standard InChI is InChI=1S/C14H11F3N4/c1-8-3-2-4-10(12(8)18)13-20-19-11-6-5-9(7-21(11)13)14(15,16)17/h2-7H,18H2,1H3. The molecule has 108 valence electrons. The van der Waals surface area contributed by atoms with E-state index in [1.165, 1.54) is 10.5 Å². The molecule has 4 nitrogen and oxygen atoms in total. The summed E-state index contributed by atoms with van der Waals surface area (Å²) in [5.74, 6) is 0.289. The average Bonchev–Trinajstić information content (AvgIpc) is 2.84. The van der Waals surface area contributed by atoms with E-state index >= 15 is 0 Å². The molecule has 0 unspecified atom stereocenters. The van der Waals surface area contributed by atoms with E-state index in [0.29, 0.717) is 16.9 Å². The van der Waals surface area contributed by atoms with Crippen LogP contribution in [-0.2, 0) is 6.18 Å². The maximum Gasteiger partial charge on any atom is 0.417 e. The number of alkyl halides is 3. The number of pyridine rings is 1. The molecule has 0 aliphatic carbocycles. The van der Waals surface area contributed by atoms with Gasteiger partial charge in [0.2, 0.25) is 0 Å². The van der Waals surface area contributed by atoms with Crippen LogP contribution in [0.5, 0.6) is 0 Å².